The molecule has 0 saturated carbocycles. The molecule has 2 aromatic heterocycles. The van der Waals surface area contributed by atoms with E-state index in [4.69, 9.17) is 15.7 Å². The third-order valence-electron chi connectivity index (χ3n) is 7.87. The molecule has 4 aromatic rings. The number of benzene rings is 2. The smallest absolute Gasteiger partial charge is 0.405 e. The third kappa shape index (κ3) is 11.1. The molecule has 260 valence electrons. The molecule has 0 bridgehead atoms. The average molecular weight is 675 g/mol. The van der Waals surface area contributed by atoms with Crippen LogP contribution >= 0.6 is 0 Å². The zero-order valence-electron chi connectivity index (χ0n) is 27.3. The Bertz CT molecular complexity index is 1690. The molecule has 2 aromatic carbocycles. The van der Waals surface area contributed by atoms with E-state index in [9.17, 15) is 24.6 Å². The minimum Gasteiger partial charge on any atom is -0.508 e. The maximum Gasteiger partial charge on any atom is 0.405 e. The van der Waals surface area contributed by atoms with Crippen LogP contribution in [0, 0.1) is 19.3 Å². The molecule has 4 rings (SSSR count). The molecule has 2 heterocycles. The zero-order chi connectivity index (χ0) is 35.3. The van der Waals surface area contributed by atoms with Gasteiger partial charge in [-0.2, -0.15) is 4.98 Å². The Morgan fingerprint density at radius 2 is 1.71 bits per heavy atom. The standard InChI is InChI=1S/C33H42N10O6/c1-19-13-23(44)14-20(2)24(19)16-26(39-29(45)25(41-33(47)48)9-6-12-37-32(34)35)30(46)40-27(15-22-17-36-18-38-22)31-42-28(43-49-31)11-10-21-7-4-3-5-8-21/h3-5,7-8,13-14,17-18,25-27,41,44H,6,9-12,15-16H2,1-2H3,(H,36,38)(H,39,45)(H,40,46)(H,47,48)(H4,34,35,37)/t25?,26?,27-/m0/s1. The molecule has 16 nitrogen and oxygen atoms in total. The highest BCUT2D eigenvalue weighted by molar-refractivity contribution is 5.91. The van der Waals surface area contributed by atoms with Crippen LogP contribution in [-0.2, 0) is 35.3 Å². The van der Waals surface area contributed by atoms with Gasteiger partial charge in [-0.3, -0.25) is 15.0 Å². The molecular weight excluding hydrogens is 632 g/mol. The number of hydrogen-bond acceptors (Lipinski definition) is 9. The van der Waals surface area contributed by atoms with E-state index in [0.29, 0.717) is 41.9 Å². The van der Waals surface area contributed by atoms with Gasteiger partial charge in [-0.15, -0.1) is 0 Å². The Balaban J connectivity index is 1.58. The molecule has 0 fully saturated rings. The normalized spacial score (nSPS) is 12.8. The monoisotopic (exact) mass is 674 g/mol. The fraction of sp³-hybridized carbons (Fsp3) is 0.364. The number of carboxylic acid groups (broad SMARTS) is 1. The number of rotatable bonds is 17. The summed E-state index contributed by atoms with van der Waals surface area (Å²) in [5.41, 5.74) is 9.17. The van der Waals surface area contributed by atoms with Crippen molar-refractivity contribution < 1.29 is 29.1 Å². The first-order valence-corrected chi connectivity index (χ1v) is 15.8. The van der Waals surface area contributed by atoms with Gasteiger partial charge in [0.1, 0.15) is 23.9 Å². The lowest BCUT2D eigenvalue weighted by Crippen LogP contribution is -2.55. The summed E-state index contributed by atoms with van der Waals surface area (Å²) in [6.07, 6.45) is 3.57. The predicted molar refractivity (Wildman–Crippen MR) is 179 cm³/mol. The summed E-state index contributed by atoms with van der Waals surface area (Å²) in [5.74, 6) is -0.877. The van der Waals surface area contributed by atoms with Gasteiger partial charge in [-0.05, 0) is 67.5 Å². The maximum absolute atomic E-state index is 14.1. The van der Waals surface area contributed by atoms with E-state index in [1.165, 1.54) is 6.33 Å². The van der Waals surface area contributed by atoms with E-state index < -0.39 is 36.0 Å². The highest BCUT2D eigenvalue weighted by Crippen LogP contribution is 2.23. The lowest BCUT2D eigenvalue weighted by molar-refractivity contribution is -0.130. The maximum atomic E-state index is 14.1. The van der Waals surface area contributed by atoms with Gasteiger partial charge in [0.25, 0.3) is 0 Å². The van der Waals surface area contributed by atoms with Crippen molar-refractivity contribution in [3.05, 3.63) is 94.7 Å². The summed E-state index contributed by atoms with van der Waals surface area (Å²) >= 11 is 0. The first kappa shape index (κ1) is 35.9. The van der Waals surface area contributed by atoms with Crippen LogP contribution in [0.1, 0.15) is 58.5 Å². The number of aromatic hydroxyl groups is 1. The van der Waals surface area contributed by atoms with Crippen molar-refractivity contribution in [2.24, 2.45) is 5.73 Å². The summed E-state index contributed by atoms with van der Waals surface area (Å²) < 4.78 is 5.61. The van der Waals surface area contributed by atoms with Gasteiger partial charge in [0.05, 0.1) is 12.0 Å². The number of phenolic OH excluding ortho intramolecular Hbond substituents is 1. The SMILES string of the molecule is Cc1cc(O)cc(C)c1CC(NC(=O)C(CCCNC(=N)N)NC(=O)O)C(=O)N[C@@H](Cc1c[nH]cn1)c1nc(CCc2ccccc2)no1. The number of imidazole rings is 1. The minimum absolute atomic E-state index is 0.0302. The van der Waals surface area contributed by atoms with E-state index in [1.807, 2.05) is 30.3 Å². The highest BCUT2D eigenvalue weighted by Gasteiger charge is 2.31. The van der Waals surface area contributed by atoms with Crippen LogP contribution in [-0.4, -0.2) is 72.8 Å². The van der Waals surface area contributed by atoms with Crippen LogP contribution in [0.4, 0.5) is 4.79 Å². The molecule has 0 radical (unpaired) electrons. The van der Waals surface area contributed by atoms with Gasteiger partial charge < -0.3 is 46.7 Å². The molecule has 3 amide bonds. The summed E-state index contributed by atoms with van der Waals surface area (Å²) in [4.78, 5) is 51.0. The molecule has 49 heavy (non-hydrogen) atoms. The Labute approximate surface area is 282 Å². The molecule has 0 aliphatic carbocycles. The van der Waals surface area contributed by atoms with Crippen LogP contribution in [0.3, 0.4) is 0 Å². The number of guanidine groups is 1. The van der Waals surface area contributed by atoms with E-state index >= 15 is 0 Å². The van der Waals surface area contributed by atoms with Gasteiger partial charge in [-0.1, -0.05) is 35.5 Å². The first-order chi connectivity index (χ1) is 23.5. The van der Waals surface area contributed by atoms with Gasteiger partial charge >= 0.3 is 6.09 Å². The number of nitrogens with zero attached hydrogens (tertiary/aromatic N) is 3. The van der Waals surface area contributed by atoms with Crippen molar-refractivity contribution in [3.8, 4) is 5.75 Å². The van der Waals surface area contributed by atoms with Crippen molar-refractivity contribution in [2.45, 2.75) is 70.5 Å². The number of carbonyl (C=O) groups excluding carboxylic acids is 2. The largest absolute Gasteiger partial charge is 0.508 e. The zero-order valence-corrected chi connectivity index (χ0v) is 27.3. The second-order valence-electron chi connectivity index (χ2n) is 11.7. The van der Waals surface area contributed by atoms with Gasteiger partial charge in [0.15, 0.2) is 11.8 Å². The second kappa shape index (κ2) is 17.3. The lowest BCUT2D eigenvalue weighted by atomic mass is 9.95. The summed E-state index contributed by atoms with van der Waals surface area (Å²) in [7, 11) is 0. The van der Waals surface area contributed by atoms with E-state index in [-0.39, 0.29) is 43.4 Å². The Kier molecular flexibility index (Phi) is 12.7. The molecular formula is C33H42N10O6. The topological polar surface area (TPSA) is 257 Å². The fourth-order valence-electron chi connectivity index (χ4n) is 5.42. The van der Waals surface area contributed by atoms with Gasteiger partial charge in [0, 0.05) is 32.0 Å². The van der Waals surface area contributed by atoms with Crippen LogP contribution in [0.15, 0.2) is 59.5 Å². The molecule has 16 heteroatoms. The van der Waals surface area contributed by atoms with Crippen LogP contribution in [0.25, 0.3) is 0 Å². The van der Waals surface area contributed by atoms with Crippen molar-refractivity contribution in [2.75, 3.05) is 6.54 Å². The highest BCUT2D eigenvalue weighted by atomic mass is 16.5. The van der Waals surface area contributed by atoms with E-state index in [2.05, 4.69) is 41.4 Å². The average Bonchev–Trinajstić information content (AvgIpc) is 3.75. The number of carbonyl (C=O) groups is 3. The molecule has 0 aliphatic heterocycles. The summed E-state index contributed by atoms with van der Waals surface area (Å²) in [6.45, 7) is 3.81. The van der Waals surface area contributed by atoms with Crippen LogP contribution < -0.4 is 27.0 Å². The number of aromatic amines is 1. The van der Waals surface area contributed by atoms with Crippen LogP contribution in [0.5, 0.6) is 5.75 Å². The Morgan fingerprint density at radius 3 is 2.37 bits per heavy atom. The molecule has 2 unspecified atom stereocenters. The van der Waals surface area contributed by atoms with Gasteiger partial charge in [0.2, 0.25) is 17.7 Å². The second-order valence-corrected chi connectivity index (χ2v) is 11.7. The van der Waals surface area contributed by atoms with Crippen molar-refractivity contribution in [1.82, 2.24) is 41.4 Å². The number of amides is 3. The number of H-pyrrole nitrogens is 1. The molecule has 0 spiro atoms. The molecule has 0 aliphatic rings. The predicted octanol–water partition coefficient (Wildman–Crippen LogP) is 1.93. The van der Waals surface area contributed by atoms with E-state index in [1.54, 1.807) is 32.2 Å². The quantitative estimate of drug-likeness (QED) is 0.0444. The minimum atomic E-state index is -1.41. The van der Waals surface area contributed by atoms with Crippen molar-refractivity contribution in [3.63, 3.8) is 0 Å². The Hall–Kier alpha value is -5.93. The summed E-state index contributed by atoms with van der Waals surface area (Å²) in [5, 5.41) is 41.5. The van der Waals surface area contributed by atoms with Crippen molar-refractivity contribution in [1.29, 1.82) is 5.41 Å². The van der Waals surface area contributed by atoms with E-state index in [0.717, 1.165) is 11.1 Å². The summed E-state index contributed by atoms with van der Waals surface area (Å²) in [6, 6.07) is 9.79. The number of nitrogens with one attached hydrogen (secondary N) is 6. The van der Waals surface area contributed by atoms with Gasteiger partial charge in [-0.25, -0.2) is 9.78 Å². The lowest BCUT2D eigenvalue weighted by Gasteiger charge is -2.25. The number of phenols is 1. The number of nitrogens with two attached hydrogens (primary N) is 1. The number of aromatic nitrogens is 4. The number of hydrogen-bond donors (Lipinski definition) is 9. The molecule has 10 N–H and O–H groups in total. The molecule has 0 saturated heterocycles. The number of aryl methyl sites for hydroxylation is 4. The fourth-order valence-corrected chi connectivity index (χ4v) is 5.42. The van der Waals surface area contributed by atoms with Crippen molar-refractivity contribution >= 4 is 23.9 Å². The Morgan fingerprint density at radius 1 is 1.00 bits per heavy atom. The third-order valence-corrected chi connectivity index (χ3v) is 7.87. The first-order valence-electron chi connectivity index (χ1n) is 15.8. The molecule has 3 atom stereocenters. The van der Waals surface area contributed by atoms with Crippen LogP contribution in [0.2, 0.25) is 0 Å².